The van der Waals surface area contributed by atoms with Crippen molar-refractivity contribution in [2.75, 3.05) is 13.1 Å². The molecule has 1 aromatic carbocycles. The summed E-state index contributed by atoms with van der Waals surface area (Å²) in [5.74, 6) is 0.229. The van der Waals surface area contributed by atoms with Crippen molar-refractivity contribution < 1.29 is 4.79 Å². The Morgan fingerprint density at radius 1 is 1.22 bits per heavy atom. The number of benzene rings is 1. The minimum absolute atomic E-state index is 0.229. The van der Waals surface area contributed by atoms with Crippen LogP contribution in [0.3, 0.4) is 0 Å². The molecule has 0 radical (unpaired) electrons. The molecule has 4 rings (SSSR count). The molecule has 2 fully saturated rings. The van der Waals surface area contributed by atoms with Crippen molar-refractivity contribution in [2.45, 2.75) is 57.7 Å². The summed E-state index contributed by atoms with van der Waals surface area (Å²) in [4.78, 5) is 16.1. The van der Waals surface area contributed by atoms with Crippen LogP contribution in [0.15, 0.2) is 48.8 Å². The largest absolute Gasteiger partial charge is 0.354 e. The van der Waals surface area contributed by atoms with Crippen molar-refractivity contribution in [1.82, 2.24) is 20.0 Å². The van der Waals surface area contributed by atoms with Gasteiger partial charge in [0.15, 0.2) is 0 Å². The molecule has 5 nitrogen and oxygen atoms in total. The molecule has 2 aromatic rings. The fourth-order valence-electron chi connectivity index (χ4n) is 5.27. The molecular weight excluding hydrogens is 336 g/mol. The van der Waals surface area contributed by atoms with Crippen LogP contribution in [0.1, 0.15) is 38.2 Å². The van der Waals surface area contributed by atoms with Gasteiger partial charge in [0.2, 0.25) is 5.91 Å². The van der Waals surface area contributed by atoms with Crippen molar-refractivity contribution in [3.63, 3.8) is 0 Å². The zero-order valence-electron chi connectivity index (χ0n) is 16.2. The smallest absolute Gasteiger partial charge is 0.228 e. The SMILES string of the molecule is CCCN1[C@H]2CC[C@@H]1[C@](Cc1ccccc1)(C(=O)NCCn1cccn1)C2. The molecule has 0 spiro atoms. The van der Waals surface area contributed by atoms with E-state index >= 15 is 0 Å². The summed E-state index contributed by atoms with van der Waals surface area (Å²) in [6.07, 6.45) is 9.06. The summed E-state index contributed by atoms with van der Waals surface area (Å²) in [6.45, 7) is 4.68. The van der Waals surface area contributed by atoms with Gasteiger partial charge in [-0.15, -0.1) is 0 Å². The van der Waals surface area contributed by atoms with E-state index in [1.165, 1.54) is 12.0 Å². The van der Waals surface area contributed by atoms with Gasteiger partial charge >= 0.3 is 0 Å². The average molecular weight is 367 g/mol. The molecule has 2 bridgehead atoms. The summed E-state index contributed by atoms with van der Waals surface area (Å²) < 4.78 is 1.87. The number of aromatic nitrogens is 2. The van der Waals surface area contributed by atoms with E-state index in [9.17, 15) is 4.79 Å². The Morgan fingerprint density at radius 3 is 2.81 bits per heavy atom. The number of fused-ring (bicyclic) bond motifs is 2. The molecule has 2 aliphatic rings. The number of amides is 1. The number of nitrogens with zero attached hydrogens (tertiary/aromatic N) is 3. The van der Waals surface area contributed by atoms with Crippen LogP contribution in [0.4, 0.5) is 0 Å². The molecule has 0 aliphatic carbocycles. The number of carbonyl (C=O) groups is 1. The second-order valence-electron chi connectivity index (χ2n) is 8.03. The minimum atomic E-state index is -0.302. The van der Waals surface area contributed by atoms with Crippen LogP contribution >= 0.6 is 0 Å². The first-order chi connectivity index (χ1) is 13.2. The molecule has 0 unspecified atom stereocenters. The third-order valence-corrected chi connectivity index (χ3v) is 6.36. The van der Waals surface area contributed by atoms with Crippen molar-refractivity contribution in [3.8, 4) is 0 Å². The summed E-state index contributed by atoms with van der Waals surface area (Å²) in [7, 11) is 0. The van der Waals surface area contributed by atoms with Crippen LogP contribution in [0, 0.1) is 5.41 Å². The van der Waals surface area contributed by atoms with Crippen molar-refractivity contribution >= 4 is 5.91 Å². The van der Waals surface area contributed by atoms with Gasteiger partial charge in [-0.05, 0) is 50.3 Å². The standard InChI is InChI=1S/C22H30N4O/c1-2-13-26-19-9-10-20(26)22(17-19,16-18-7-4-3-5-8-18)21(27)23-12-15-25-14-6-11-24-25/h3-8,11,14,19-20H,2,9-10,12-13,15-17H2,1H3,(H,23,27)/t19-,20+,22+/m0/s1. The third-order valence-electron chi connectivity index (χ3n) is 6.36. The first-order valence-electron chi connectivity index (χ1n) is 10.3. The van der Waals surface area contributed by atoms with E-state index in [0.717, 1.165) is 32.2 Å². The number of carbonyl (C=O) groups excluding carboxylic acids is 1. The lowest BCUT2D eigenvalue weighted by molar-refractivity contribution is -0.133. The molecule has 144 valence electrons. The molecule has 5 heteroatoms. The normalized spacial score (nSPS) is 27.1. The molecule has 0 saturated carbocycles. The van der Waals surface area contributed by atoms with Gasteiger partial charge in [-0.2, -0.15) is 5.10 Å². The molecule has 1 aromatic heterocycles. The van der Waals surface area contributed by atoms with Gasteiger partial charge in [0.25, 0.3) is 0 Å². The lowest BCUT2D eigenvalue weighted by atomic mass is 9.69. The van der Waals surface area contributed by atoms with Gasteiger partial charge in [-0.1, -0.05) is 37.3 Å². The van der Waals surface area contributed by atoms with Crippen LogP contribution < -0.4 is 5.32 Å². The number of nitrogens with one attached hydrogen (secondary N) is 1. The predicted octanol–water partition coefficient (Wildman–Crippen LogP) is 2.88. The van der Waals surface area contributed by atoms with Crippen LogP contribution in [-0.2, 0) is 17.8 Å². The lowest BCUT2D eigenvalue weighted by Crippen LogP contribution is -2.51. The van der Waals surface area contributed by atoms with E-state index in [0.29, 0.717) is 25.2 Å². The van der Waals surface area contributed by atoms with Gasteiger partial charge in [-0.25, -0.2) is 0 Å². The molecule has 3 atom stereocenters. The monoisotopic (exact) mass is 366 g/mol. The summed E-state index contributed by atoms with van der Waals surface area (Å²) in [5.41, 5.74) is 0.965. The maximum absolute atomic E-state index is 13.5. The highest BCUT2D eigenvalue weighted by Gasteiger charge is 2.59. The van der Waals surface area contributed by atoms with Crippen molar-refractivity contribution in [2.24, 2.45) is 5.41 Å². The minimum Gasteiger partial charge on any atom is -0.354 e. The molecular formula is C22H30N4O. The van der Waals surface area contributed by atoms with Gasteiger partial charge in [-0.3, -0.25) is 14.4 Å². The number of hydrogen-bond acceptors (Lipinski definition) is 3. The van der Waals surface area contributed by atoms with Gasteiger partial charge in [0.05, 0.1) is 12.0 Å². The summed E-state index contributed by atoms with van der Waals surface area (Å²) >= 11 is 0. The number of rotatable bonds is 8. The summed E-state index contributed by atoms with van der Waals surface area (Å²) in [5, 5.41) is 7.47. The molecule has 3 heterocycles. The van der Waals surface area contributed by atoms with Gasteiger partial charge in [0.1, 0.15) is 0 Å². The van der Waals surface area contributed by atoms with Crippen LogP contribution in [0.25, 0.3) is 0 Å². The van der Waals surface area contributed by atoms with E-state index in [4.69, 9.17) is 0 Å². The second kappa shape index (κ2) is 7.85. The Labute approximate surface area is 161 Å². The Hall–Kier alpha value is -2.14. The van der Waals surface area contributed by atoms with Crippen LogP contribution in [0.5, 0.6) is 0 Å². The summed E-state index contributed by atoms with van der Waals surface area (Å²) in [6, 6.07) is 13.4. The Kier molecular flexibility index (Phi) is 5.30. The second-order valence-corrected chi connectivity index (χ2v) is 8.03. The molecule has 1 N–H and O–H groups in total. The predicted molar refractivity (Wildman–Crippen MR) is 106 cm³/mol. The fraction of sp³-hybridized carbons (Fsp3) is 0.545. The topological polar surface area (TPSA) is 50.2 Å². The van der Waals surface area contributed by atoms with Gasteiger partial charge < -0.3 is 5.32 Å². The third kappa shape index (κ3) is 3.53. The van der Waals surface area contributed by atoms with E-state index < -0.39 is 0 Å². The maximum Gasteiger partial charge on any atom is 0.228 e. The first kappa shape index (κ1) is 18.2. The highest BCUT2D eigenvalue weighted by molar-refractivity contribution is 5.84. The highest BCUT2D eigenvalue weighted by Crippen LogP contribution is 2.51. The molecule has 27 heavy (non-hydrogen) atoms. The van der Waals surface area contributed by atoms with E-state index in [-0.39, 0.29) is 11.3 Å². The van der Waals surface area contributed by atoms with Crippen molar-refractivity contribution in [3.05, 3.63) is 54.4 Å². The first-order valence-corrected chi connectivity index (χ1v) is 10.3. The van der Waals surface area contributed by atoms with E-state index in [1.807, 2.05) is 23.0 Å². The number of hydrogen-bond donors (Lipinski definition) is 1. The molecule has 2 saturated heterocycles. The Balaban J connectivity index is 1.52. The Morgan fingerprint density at radius 2 is 2.07 bits per heavy atom. The lowest BCUT2D eigenvalue weighted by Gasteiger charge is -2.36. The van der Waals surface area contributed by atoms with E-state index in [2.05, 4.69) is 46.5 Å². The average Bonchev–Trinajstić information content (AvgIpc) is 3.39. The zero-order chi connectivity index (χ0) is 18.7. The zero-order valence-corrected chi connectivity index (χ0v) is 16.2. The Bertz CT molecular complexity index is 745. The van der Waals surface area contributed by atoms with Gasteiger partial charge in [0, 0.05) is 31.0 Å². The fourth-order valence-corrected chi connectivity index (χ4v) is 5.27. The highest BCUT2D eigenvalue weighted by atomic mass is 16.2. The van der Waals surface area contributed by atoms with E-state index in [1.54, 1.807) is 6.20 Å². The molecule has 1 amide bonds. The maximum atomic E-state index is 13.5. The van der Waals surface area contributed by atoms with Crippen molar-refractivity contribution in [1.29, 1.82) is 0 Å². The van der Waals surface area contributed by atoms with Crippen LogP contribution in [-0.4, -0.2) is 45.8 Å². The van der Waals surface area contributed by atoms with Crippen LogP contribution in [0.2, 0.25) is 0 Å². The quantitative estimate of drug-likeness (QED) is 0.782. The molecule has 2 aliphatic heterocycles.